The lowest BCUT2D eigenvalue weighted by atomic mass is 10.1. The van der Waals surface area contributed by atoms with Crippen molar-refractivity contribution in [2.75, 3.05) is 0 Å². The van der Waals surface area contributed by atoms with Crippen molar-refractivity contribution in [2.24, 2.45) is 0 Å². The molecule has 0 radical (unpaired) electrons. The Labute approximate surface area is 148 Å². The zero-order chi connectivity index (χ0) is 17.9. The molecule has 0 aliphatic carbocycles. The molecule has 2 rings (SSSR count). The standard InChI is InChI=1S/C21H32N2Si/c1-16(2)24(17(3)4,18(5)6)23-14-12-20-15-19(9-7-8-13-22)10-11-21(20)23/h10-12,14-18H,7-9H2,1-6H3. The van der Waals surface area contributed by atoms with E-state index in [0.717, 1.165) is 12.8 Å². The molecule has 0 aliphatic rings. The molecule has 1 heterocycles. The van der Waals surface area contributed by atoms with E-state index in [1.165, 1.54) is 16.5 Å². The molecule has 24 heavy (non-hydrogen) atoms. The molecule has 1 aromatic carbocycles. The molecule has 0 spiro atoms. The van der Waals surface area contributed by atoms with Crippen LogP contribution >= 0.6 is 0 Å². The van der Waals surface area contributed by atoms with E-state index in [9.17, 15) is 0 Å². The molecular formula is C21H32N2Si. The second kappa shape index (κ2) is 7.57. The number of aromatic nitrogens is 1. The highest BCUT2D eigenvalue weighted by Crippen LogP contribution is 2.44. The Morgan fingerprint density at radius 1 is 1.00 bits per heavy atom. The van der Waals surface area contributed by atoms with Crippen LogP contribution < -0.4 is 0 Å². The third kappa shape index (κ3) is 3.17. The first-order valence-electron chi connectivity index (χ1n) is 9.33. The summed E-state index contributed by atoms with van der Waals surface area (Å²) in [6.07, 6.45) is 4.93. The van der Waals surface area contributed by atoms with Gasteiger partial charge in [-0.05, 0) is 64.8 Å². The minimum Gasteiger partial charge on any atom is -0.373 e. The maximum absolute atomic E-state index is 8.72. The molecule has 0 saturated carbocycles. The molecule has 0 unspecified atom stereocenters. The maximum Gasteiger partial charge on any atom is 0.169 e. The van der Waals surface area contributed by atoms with Gasteiger partial charge in [0.25, 0.3) is 0 Å². The first-order valence-corrected chi connectivity index (χ1v) is 11.5. The summed E-state index contributed by atoms with van der Waals surface area (Å²) >= 11 is 0. The largest absolute Gasteiger partial charge is 0.373 e. The molecule has 1 aromatic heterocycles. The number of hydrogen-bond donors (Lipinski definition) is 0. The Morgan fingerprint density at radius 3 is 2.17 bits per heavy atom. The second-order valence-electron chi connectivity index (χ2n) is 7.94. The van der Waals surface area contributed by atoms with E-state index < -0.39 is 8.24 Å². The number of unbranched alkanes of at least 4 members (excludes halogenated alkanes) is 1. The van der Waals surface area contributed by atoms with Crippen LogP contribution in [-0.4, -0.2) is 12.5 Å². The lowest BCUT2D eigenvalue weighted by Gasteiger charge is -2.44. The summed E-state index contributed by atoms with van der Waals surface area (Å²) < 4.78 is 2.67. The molecule has 3 heteroatoms. The van der Waals surface area contributed by atoms with Gasteiger partial charge in [-0.3, -0.25) is 0 Å². The van der Waals surface area contributed by atoms with Crippen molar-refractivity contribution in [1.29, 1.82) is 5.26 Å². The molecule has 0 amide bonds. The van der Waals surface area contributed by atoms with E-state index in [2.05, 4.69) is 82.3 Å². The number of rotatable bonds is 7. The van der Waals surface area contributed by atoms with Gasteiger partial charge in [-0.15, -0.1) is 0 Å². The SMILES string of the molecule is CC(C)[Si](C(C)C)(C(C)C)n1ccc2cc(CCCC#N)ccc21. The van der Waals surface area contributed by atoms with Gasteiger partial charge in [-0.1, -0.05) is 47.6 Å². The van der Waals surface area contributed by atoms with Crippen molar-refractivity contribution in [1.82, 2.24) is 4.23 Å². The Morgan fingerprint density at radius 2 is 1.62 bits per heavy atom. The number of fused-ring (bicyclic) bond motifs is 1. The van der Waals surface area contributed by atoms with E-state index in [1.807, 2.05) is 0 Å². The fourth-order valence-corrected chi connectivity index (χ4v) is 11.5. The minimum atomic E-state index is -1.69. The Balaban J connectivity index is 2.50. The normalized spacial score (nSPS) is 12.5. The van der Waals surface area contributed by atoms with Crippen molar-refractivity contribution in [3.8, 4) is 6.07 Å². The van der Waals surface area contributed by atoms with Gasteiger partial charge in [0, 0.05) is 11.9 Å². The number of benzene rings is 1. The van der Waals surface area contributed by atoms with E-state index in [4.69, 9.17) is 5.26 Å². The molecule has 0 saturated heterocycles. The van der Waals surface area contributed by atoms with Crippen LogP contribution in [0.15, 0.2) is 30.5 Å². The van der Waals surface area contributed by atoms with Crippen LogP contribution in [0, 0.1) is 11.3 Å². The smallest absolute Gasteiger partial charge is 0.169 e. The summed E-state index contributed by atoms with van der Waals surface area (Å²) in [7, 11) is -1.69. The van der Waals surface area contributed by atoms with Crippen molar-refractivity contribution >= 4 is 19.1 Å². The van der Waals surface area contributed by atoms with Crippen molar-refractivity contribution < 1.29 is 0 Å². The molecule has 0 atom stereocenters. The lowest BCUT2D eigenvalue weighted by molar-refractivity contribution is 0.773. The van der Waals surface area contributed by atoms with E-state index >= 15 is 0 Å². The summed E-state index contributed by atoms with van der Waals surface area (Å²) in [6.45, 7) is 14.5. The molecule has 0 N–H and O–H groups in total. The topological polar surface area (TPSA) is 28.7 Å². The number of nitrogens with zero attached hydrogens (tertiary/aromatic N) is 2. The summed E-state index contributed by atoms with van der Waals surface area (Å²) in [5.41, 5.74) is 4.83. The van der Waals surface area contributed by atoms with Gasteiger partial charge >= 0.3 is 0 Å². The molecule has 2 nitrogen and oxygen atoms in total. The molecule has 0 fully saturated rings. The third-order valence-corrected chi connectivity index (χ3v) is 12.5. The average Bonchev–Trinajstić information content (AvgIpc) is 2.91. The number of nitriles is 1. The van der Waals surface area contributed by atoms with Crippen LogP contribution in [0.2, 0.25) is 16.6 Å². The van der Waals surface area contributed by atoms with Crippen LogP contribution in [0.3, 0.4) is 0 Å². The monoisotopic (exact) mass is 340 g/mol. The molecular weight excluding hydrogens is 308 g/mol. The average molecular weight is 341 g/mol. The Bertz CT molecular complexity index is 697. The molecule has 130 valence electrons. The highest BCUT2D eigenvalue weighted by Gasteiger charge is 2.45. The predicted octanol–water partition coefficient (Wildman–Crippen LogP) is 6.51. The van der Waals surface area contributed by atoms with Gasteiger partial charge < -0.3 is 4.23 Å². The fourth-order valence-electron chi connectivity index (χ4n) is 4.89. The van der Waals surface area contributed by atoms with Crippen LogP contribution in [0.1, 0.15) is 59.9 Å². The first-order chi connectivity index (χ1) is 11.4. The Kier molecular flexibility index (Phi) is 5.93. The van der Waals surface area contributed by atoms with E-state index in [1.54, 1.807) is 0 Å². The van der Waals surface area contributed by atoms with Gasteiger partial charge in [-0.2, -0.15) is 5.26 Å². The summed E-state index contributed by atoms with van der Waals surface area (Å²) in [6, 6.07) is 11.4. The minimum absolute atomic E-state index is 0.642. The van der Waals surface area contributed by atoms with Crippen molar-refractivity contribution in [2.45, 2.75) is 77.4 Å². The number of hydrogen-bond acceptors (Lipinski definition) is 1. The summed E-state index contributed by atoms with van der Waals surface area (Å²) in [5, 5.41) is 10.1. The zero-order valence-corrected chi connectivity index (χ0v) is 17.1. The predicted molar refractivity (Wildman–Crippen MR) is 107 cm³/mol. The van der Waals surface area contributed by atoms with Crippen LogP contribution in [0.25, 0.3) is 10.9 Å². The summed E-state index contributed by atoms with van der Waals surface area (Å²) in [5.74, 6) is 0. The van der Waals surface area contributed by atoms with Gasteiger partial charge in [0.2, 0.25) is 0 Å². The lowest BCUT2D eigenvalue weighted by Crippen LogP contribution is -2.51. The highest BCUT2D eigenvalue weighted by molar-refractivity contribution is 6.82. The van der Waals surface area contributed by atoms with Crippen LogP contribution in [0.5, 0.6) is 0 Å². The molecule has 2 aromatic rings. The second-order valence-corrected chi connectivity index (χ2v) is 13.7. The number of aryl methyl sites for hydroxylation is 1. The van der Waals surface area contributed by atoms with Crippen molar-refractivity contribution in [3.63, 3.8) is 0 Å². The Hall–Kier alpha value is -1.53. The van der Waals surface area contributed by atoms with Gasteiger partial charge in [0.1, 0.15) is 0 Å². The maximum atomic E-state index is 8.72. The van der Waals surface area contributed by atoms with Gasteiger partial charge in [0.15, 0.2) is 8.24 Å². The quantitative estimate of drug-likeness (QED) is 0.417. The summed E-state index contributed by atoms with van der Waals surface area (Å²) in [4.78, 5) is 0. The molecule has 0 bridgehead atoms. The van der Waals surface area contributed by atoms with E-state index in [0.29, 0.717) is 23.0 Å². The van der Waals surface area contributed by atoms with Crippen LogP contribution in [0.4, 0.5) is 0 Å². The third-order valence-electron chi connectivity index (χ3n) is 5.70. The van der Waals surface area contributed by atoms with Crippen molar-refractivity contribution in [3.05, 3.63) is 36.0 Å². The first kappa shape index (κ1) is 18.8. The fraction of sp³-hybridized carbons (Fsp3) is 0.571. The zero-order valence-electron chi connectivity index (χ0n) is 16.1. The molecule has 0 aliphatic heterocycles. The van der Waals surface area contributed by atoms with Crippen LogP contribution in [-0.2, 0) is 6.42 Å². The van der Waals surface area contributed by atoms with Gasteiger partial charge in [0.05, 0.1) is 6.07 Å². The van der Waals surface area contributed by atoms with E-state index in [-0.39, 0.29) is 0 Å². The highest BCUT2D eigenvalue weighted by atomic mass is 28.3. The van der Waals surface area contributed by atoms with Gasteiger partial charge in [-0.25, -0.2) is 0 Å².